The minimum absolute atomic E-state index is 0.00342. The molecule has 0 radical (unpaired) electrons. The predicted molar refractivity (Wildman–Crippen MR) is 184 cm³/mol. The summed E-state index contributed by atoms with van der Waals surface area (Å²) in [5.74, 6) is -6.76. The number of anilines is 1. The topological polar surface area (TPSA) is 93.1 Å². The number of ether oxygens (including phenoxy) is 2. The molecule has 0 bridgehead atoms. The molecule has 50 heavy (non-hydrogen) atoms. The number of nitrogens with one attached hydrogen (secondary N) is 1. The molecule has 0 spiro atoms. The van der Waals surface area contributed by atoms with Gasteiger partial charge in [-0.05, 0) is 69.2 Å². The van der Waals surface area contributed by atoms with Gasteiger partial charge in [-0.3, -0.25) is 24.2 Å². The zero-order valence-electron chi connectivity index (χ0n) is 28.5. The van der Waals surface area contributed by atoms with Crippen LogP contribution in [0, 0.1) is 11.7 Å². The SMILES string of the molecule is CCOC(=O)[C@H]1CC[C@H](OC(C(=O)Cc2cc(Cl)c(NC(=O)c3cn(C)c4ccccc34)cc2F)(N2CCCC2)N2CCC(F)(F)CC2)CC1. The highest BCUT2D eigenvalue weighted by Gasteiger charge is 2.54. The molecule has 13 heteroatoms. The number of ketones is 1. The molecule has 3 aromatic rings. The van der Waals surface area contributed by atoms with Gasteiger partial charge in [0.1, 0.15) is 5.82 Å². The second-order valence-electron chi connectivity index (χ2n) is 13.6. The summed E-state index contributed by atoms with van der Waals surface area (Å²) in [6, 6.07) is 9.84. The van der Waals surface area contributed by atoms with E-state index in [0.29, 0.717) is 50.9 Å². The van der Waals surface area contributed by atoms with Crippen LogP contribution in [0.5, 0.6) is 0 Å². The van der Waals surface area contributed by atoms with Gasteiger partial charge in [0.15, 0.2) is 5.78 Å². The first-order valence-electron chi connectivity index (χ1n) is 17.5. The molecular weight excluding hydrogens is 673 g/mol. The van der Waals surface area contributed by atoms with Crippen LogP contribution in [0.2, 0.25) is 5.02 Å². The average molecular weight is 717 g/mol. The molecule has 3 aliphatic rings. The number of rotatable bonds is 11. The van der Waals surface area contributed by atoms with Gasteiger partial charge in [-0.1, -0.05) is 29.8 Å². The summed E-state index contributed by atoms with van der Waals surface area (Å²) in [5, 5.41) is 3.48. The minimum atomic E-state index is -2.86. The molecule has 1 N–H and O–H groups in total. The number of para-hydroxylation sites is 1. The van der Waals surface area contributed by atoms with Crippen molar-refractivity contribution < 1.29 is 37.0 Å². The van der Waals surface area contributed by atoms with Gasteiger partial charge in [0.25, 0.3) is 11.8 Å². The van der Waals surface area contributed by atoms with Gasteiger partial charge >= 0.3 is 5.97 Å². The largest absolute Gasteiger partial charge is 0.466 e. The van der Waals surface area contributed by atoms with E-state index in [-0.39, 0.29) is 41.3 Å². The van der Waals surface area contributed by atoms with Crippen molar-refractivity contribution in [2.75, 3.05) is 38.1 Å². The number of fused-ring (bicyclic) bond motifs is 1. The third kappa shape index (κ3) is 7.44. The summed E-state index contributed by atoms with van der Waals surface area (Å²) < 4.78 is 58.6. The highest BCUT2D eigenvalue weighted by molar-refractivity contribution is 6.34. The summed E-state index contributed by atoms with van der Waals surface area (Å²) in [6.07, 6.45) is 3.59. The Morgan fingerprint density at radius 2 is 1.66 bits per heavy atom. The van der Waals surface area contributed by atoms with E-state index in [9.17, 15) is 23.2 Å². The van der Waals surface area contributed by atoms with E-state index in [4.69, 9.17) is 21.1 Å². The van der Waals surface area contributed by atoms with E-state index in [0.717, 1.165) is 29.8 Å². The van der Waals surface area contributed by atoms with Crippen LogP contribution in [0.4, 0.5) is 18.9 Å². The number of Topliss-reactive ketones (excluding diaryl/α,β-unsaturated/α-hetero) is 1. The first-order chi connectivity index (χ1) is 23.9. The molecule has 270 valence electrons. The lowest BCUT2D eigenvalue weighted by Crippen LogP contribution is -2.69. The number of halogens is 4. The van der Waals surface area contributed by atoms with E-state index in [1.54, 1.807) is 18.0 Å². The second kappa shape index (κ2) is 15.0. The maximum atomic E-state index is 15.9. The van der Waals surface area contributed by atoms with Crippen molar-refractivity contribution in [1.82, 2.24) is 14.4 Å². The highest BCUT2D eigenvalue weighted by Crippen LogP contribution is 2.40. The van der Waals surface area contributed by atoms with E-state index >= 15 is 4.39 Å². The fourth-order valence-corrected chi connectivity index (χ4v) is 7.89. The molecule has 3 fully saturated rings. The van der Waals surface area contributed by atoms with Crippen LogP contribution in [0.1, 0.15) is 74.2 Å². The smallest absolute Gasteiger partial charge is 0.308 e. The molecule has 1 amide bonds. The maximum Gasteiger partial charge on any atom is 0.308 e. The quantitative estimate of drug-likeness (QED) is 0.215. The average Bonchev–Trinajstić information content (AvgIpc) is 3.75. The number of carbonyl (C=O) groups excluding carboxylic acids is 3. The Morgan fingerprint density at radius 1 is 1.00 bits per heavy atom. The number of likely N-dealkylation sites (tertiary alicyclic amines) is 2. The van der Waals surface area contributed by atoms with Crippen LogP contribution in [0.15, 0.2) is 42.6 Å². The summed E-state index contributed by atoms with van der Waals surface area (Å²) in [4.78, 5) is 44.0. The number of carbonyl (C=O) groups is 3. The van der Waals surface area contributed by atoms with Crippen LogP contribution in [-0.4, -0.2) is 82.7 Å². The van der Waals surface area contributed by atoms with Crippen LogP contribution >= 0.6 is 11.6 Å². The lowest BCUT2D eigenvalue weighted by atomic mass is 9.87. The van der Waals surface area contributed by atoms with Crippen molar-refractivity contribution in [2.24, 2.45) is 13.0 Å². The van der Waals surface area contributed by atoms with Gasteiger partial charge in [-0.25, -0.2) is 13.2 Å². The monoisotopic (exact) mass is 716 g/mol. The standard InChI is InChI=1S/C37H44ClF3N4O5/c1-3-49-35(48)24-10-12-26(13-11-24)50-37(44-16-6-7-17-44,45-18-14-36(40,41)15-19-45)33(46)21-25-20-29(38)31(22-30(25)39)42-34(47)28-23-43(2)32-9-5-4-8-27(28)32/h4-5,8-9,20,22-24,26H,3,6-7,10-19,21H2,1-2H3,(H,42,47)/t24-,26-,37?. The van der Waals surface area contributed by atoms with Crippen molar-refractivity contribution in [3.05, 3.63) is 64.6 Å². The number of amides is 1. The Balaban J connectivity index is 1.26. The summed E-state index contributed by atoms with van der Waals surface area (Å²) in [6.45, 7) is 2.93. The minimum Gasteiger partial charge on any atom is -0.466 e. The Labute approximate surface area is 295 Å². The molecule has 2 saturated heterocycles. The number of hydrogen-bond acceptors (Lipinski definition) is 7. The van der Waals surface area contributed by atoms with Crippen LogP contribution in [-0.2, 0) is 32.5 Å². The molecule has 1 atom stereocenters. The van der Waals surface area contributed by atoms with Crippen LogP contribution < -0.4 is 5.32 Å². The Bertz CT molecular complexity index is 1730. The van der Waals surface area contributed by atoms with E-state index in [2.05, 4.69) is 5.32 Å². The van der Waals surface area contributed by atoms with E-state index in [1.165, 1.54) is 6.07 Å². The number of alkyl halides is 2. The first-order valence-corrected chi connectivity index (χ1v) is 17.9. The molecule has 2 aromatic carbocycles. The molecule has 2 aliphatic heterocycles. The lowest BCUT2D eigenvalue weighted by molar-refractivity contribution is -0.266. The molecule has 1 aromatic heterocycles. The zero-order chi connectivity index (χ0) is 35.6. The third-order valence-corrected chi connectivity index (χ3v) is 10.6. The third-order valence-electron chi connectivity index (χ3n) is 10.3. The van der Waals surface area contributed by atoms with E-state index in [1.807, 2.05) is 40.8 Å². The summed E-state index contributed by atoms with van der Waals surface area (Å²) >= 11 is 6.61. The van der Waals surface area contributed by atoms with Gasteiger partial charge in [-0.2, -0.15) is 0 Å². The maximum absolute atomic E-state index is 15.9. The van der Waals surface area contributed by atoms with Gasteiger partial charge in [-0.15, -0.1) is 0 Å². The second-order valence-corrected chi connectivity index (χ2v) is 14.0. The Kier molecular flexibility index (Phi) is 10.9. The van der Waals surface area contributed by atoms with Crippen molar-refractivity contribution in [2.45, 2.75) is 82.6 Å². The number of benzene rings is 2. The Morgan fingerprint density at radius 3 is 2.34 bits per heavy atom. The van der Waals surface area contributed by atoms with Crippen molar-refractivity contribution in [1.29, 1.82) is 0 Å². The predicted octanol–water partition coefficient (Wildman–Crippen LogP) is 6.95. The van der Waals surface area contributed by atoms with Gasteiger partial charge in [0.05, 0.1) is 34.9 Å². The fourth-order valence-electron chi connectivity index (χ4n) is 7.65. The number of hydrogen-bond donors (Lipinski definition) is 1. The number of esters is 1. The van der Waals surface area contributed by atoms with Gasteiger partial charge < -0.3 is 19.4 Å². The zero-order valence-corrected chi connectivity index (χ0v) is 29.2. The molecule has 1 unspecified atom stereocenters. The molecule has 6 rings (SSSR count). The van der Waals surface area contributed by atoms with Crippen LogP contribution in [0.25, 0.3) is 10.9 Å². The van der Waals surface area contributed by atoms with Crippen LogP contribution in [0.3, 0.4) is 0 Å². The molecular formula is C37H44ClF3N4O5. The Hall–Kier alpha value is -3.45. The fraction of sp³-hybridized carbons (Fsp3) is 0.541. The van der Waals surface area contributed by atoms with Gasteiger partial charge in [0, 0.05) is 69.6 Å². The number of nitrogens with zero attached hydrogens (tertiary/aromatic N) is 3. The summed E-state index contributed by atoms with van der Waals surface area (Å²) in [7, 11) is 1.83. The molecule has 9 nitrogen and oxygen atoms in total. The number of aromatic nitrogens is 1. The summed E-state index contributed by atoms with van der Waals surface area (Å²) in [5.41, 5.74) is 1.31. The van der Waals surface area contributed by atoms with Crippen molar-refractivity contribution >= 4 is 45.9 Å². The number of aryl methyl sites for hydroxylation is 1. The molecule has 3 heterocycles. The first kappa shape index (κ1) is 36.3. The normalized spacial score (nSPS) is 22.7. The van der Waals surface area contributed by atoms with E-state index < -0.39 is 54.6 Å². The molecule has 1 aliphatic carbocycles. The number of piperidine rings is 1. The lowest BCUT2D eigenvalue weighted by Gasteiger charge is -2.51. The van der Waals surface area contributed by atoms with Crippen molar-refractivity contribution in [3.63, 3.8) is 0 Å². The molecule has 1 saturated carbocycles. The highest BCUT2D eigenvalue weighted by atomic mass is 35.5. The van der Waals surface area contributed by atoms with Gasteiger partial charge in [0.2, 0.25) is 5.85 Å². The van der Waals surface area contributed by atoms with Crippen molar-refractivity contribution in [3.8, 4) is 0 Å².